The number of H-pyrrole nitrogens is 1. The Balaban J connectivity index is 2.27. The lowest BCUT2D eigenvalue weighted by Gasteiger charge is -2.02. The van der Waals surface area contributed by atoms with Crippen molar-refractivity contribution in [3.8, 4) is 11.3 Å². The van der Waals surface area contributed by atoms with E-state index in [4.69, 9.17) is 0 Å². The lowest BCUT2D eigenvalue weighted by molar-refractivity contribution is 1.21. The fourth-order valence-corrected chi connectivity index (χ4v) is 2.22. The van der Waals surface area contributed by atoms with Gasteiger partial charge < -0.3 is 4.98 Å². The van der Waals surface area contributed by atoms with Crippen LogP contribution in [0.4, 0.5) is 0 Å². The average molecular weight is 322 g/mol. The Bertz CT molecular complexity index is 633. The van der Waals surface area contributed by atoms with Gasteiger partial charge in [0.25, 0.3) is 0 Å². The summed E-state index contributed by atoms with van der Waals surface area (Å²) in [5, 5.41) is 0. The average Bonchev–Trinajstić information content (AvgIpc) is 2.76. The van der Waals surface area contributed by atoms with Gasteiger partial charge in [0.15, 0.2) is 5.65 Å². The summed E-state index contributed by atoms with van der Waals surface area (Å²) in [5.74, 6) is 0. The Morgan fingerprint density at radius 1 is 1.06 bits per heavy atom. The highest BCUT2D eigenvalue weighted by molar-refractivity contribution is 14.1. The SMILES string of the molecule is Ic1nc2[nH]ccc2nc1-c1ccncc1. The molecule has 5 heteroatoms. The van der Waals surface area contributed by atoms with Crippen molar-refractivity contribution in [1.82, 2.24) is 19.9 Å². The molecular weight excluding hydrogens is 315 g/mol. The maximum absolute atomic E-state index is 4.58. The van der Waals surface area contributed by atoms with Crippen LogP contribution in [0, 0.1) is 3.70 Å². The Morgan fingerprint density at radius 3 is 2.69 bits per heavy atom. The summed E-state index contributed by atoms with van der Waals surface area (Å²) in [6, 6.07) is 5.79. The third kappa shape index (κ3) is 1.57. The molecule has 3 aromatic heterocycles. The molecule has 0 aliphatic carbocycles. The molecule has 0 amide bonds. The summed E-state index contributed by atoms with van der Waals surface area (Å²) < 4.78 is 0.888. The summed E-state index contributed by atoms with van der Waals surface area (Å²) in [7, 11) is 0. The molecule has 0 atom stereocenters. The molecule has 0 bridgehead atoms. The molecule has 3 heterocycles. The third-order valence-electron chi connectivity index (χ3n) is 2.30. The van der Waals surface area contributed by atoms with Crippen LogP contribution in [0.1, 0.15) is 0 Å². The molecule has 0 fully saturated rings. The maximum Gasteiger partial charge on any atom is 0.157 e. The minimum Gasteiger partial charge on any atom is -0.345 e. The van der Waals surface area contributed by atoms with Gasteiger partial charge in [0, 0.05) is 24.2 Å². The number of hydrogen-bond acceptors (Lipinski definition) is 3. The van der Waals surface area contributed by atoms with E-state index < -0.39 is 0 Å². The van der Waals surface area contributed by atoms with Gasteiger partial charge in [-0.3, -0.25) is 4.98 Å². The molecule has 0 spiro atoms. The fraction of sp³-hybridized carbons (Fsp3) is 0. The zero-order valence-electron chi connectivity index (χ0n) is 8.18. The summed E-state index contributed by atoms with van der Waals surface area (Å²) >= 11 is 2.20. The van der Waals surface area contributed by atoms with Crippen LogP contribution in [0.2, 0.25) is 0 Å². The van der Waals surface area contributed by atoms with Gasteiger partial charge in [0.05, 0.1) is 0 Å². The van der Waals surface area contributed by atoms with E-state index in [2.05, 4.69) is 42.5 Å². The van der Waals surface area contributed by atoms with Crippen molar-refractivity contribution < 1.29 is 0 Å². The van der Waals surface area contributed by atoms with Crippen molar-refractivity contribution in [3.05, 3.63) is 40.5 Å². The van der Waals surface area contributed by atoms with Gasteiger partial charge in [-0.15, -0.1) is 0 Å². The van der Waals surface area contributed by atoms with E-state index in [0.717, 1.165) is 26.1 Å². The van der Waals surface area contributed by atoms with Crippen LogP contribution < -0.4 is 0 Å². The standard InChI is InChI=1S/C11H7IN4/c12-10-9(7-1-4-13-5-2-7)15-8-3-6-14-11(8)16-10/h1-6H,(H,14,16). The van der Waals surface area contributed by atoms with Crippen molar-refractivity contribution >= 4 is 33.8 Å². The third-order valence-corrected chi connectivity index (χ3v) is 3.05. The highest BCUT2D eigenvalue weighted by Crippen LogP contribution is 2.23. The topological polar surface area (TPSA) is 54.5 Å². The highest BCUT2D eigenvalue weighted by Gasteiger charge is 2.08. The van der Waals surface area contributed by atoms with Gasteiger partial charge >= 0.3 is 0 Å². The molecule has 0 aliphatic rings. The van der Waals surface area contributed by atoms with Crippen LogP contribution in [-0.4, -0.2) is 19.9 Å². The minimum atomic E-state index is 0.821. The molecule has 0 saturated heterocycles. The second kappa shape index (κ2) is 3.82. The highest BCUT2D eigenvalue weighted by atomic mass is 127. The van der Waals surface area contributed by atoms with Gasteiger partial charge in [-0.25, -0.2) is 9.97 Å². The van der Waals surface area contributed by atoms with E-state index in [1.54, 1.807) is 12.4 Å². The van der Waals surface area contributed by atoms with E-state index in [1.807, 2.05) is 24.4 Å². The summed E-state index contributed by atoms with van der Waals surface area (Å²) in [4.78, 5) is 16.1. The number of hydrogen-bond donors (Lipinski definition) is 1. The van der Waals surface area contributed by atoms with Crippen molar-refractivity contribution in [3.63, 3.8) is 0 Å². The molecule has 16 heavy (non-hydrogen) atoms. The van der Waals surface area contributed by atoms with E-state index in [1.165, 1.54) is 0 Å². The lowest BCUT2D eigenvalue weighted by Crippen LogP contribution is -1.93. The Labute approximate surface area is 105 Å². The summed E-state index contributed by atoms with van der Waals surface area (Å²) in [5.41, 5.74) is 3.64. The number of rotatable bonds is 1. The smallest absolute Gasteiger partial charge is 0.157 e. The number of aromatic amines is 1. The van der Waals surface area contributed by atoms with Crippen molar-refractivity contribution in [1.29, 1.82) is 0 Å². The quantitative estimate of drug-likeness (QED) is 0.701. The maximum atomic E-state index is 4.58. The van der Waals surface area contributed by atoms with E-state index in [0.29, 0.717) is 0 Å². The first-order valence-electron chi connectivity index (χ1n) is 4.75. The fourth-order valence-electron chi connectivity index (χ4n) is 1.54. The first-order chi connectivity index (χ1) is 7.84. The molecule has 0 unspecified atom stereocenters. The van der Waals surface area contributed by atoms with Gasteiger partial charge in [-0.05, 0) is 40.8 Å². The second-order valence-electron chi connectivity index (χ2n) is 3.31. The van der Waals surface area contributed by atoms with Crippen LogP contribution >= 0.6 is 22.6 Å². The Morgan fingerprint density at radius 2 is 1.88 bits per heavy atom. The number of halogens is 1. The van der Waals surface area contributed by atoms with Crippen LogP contribution in [-0.2, 0) is 0 Å². The number of pyridine rings is 1. The lowest BCUT2D eigenvalue weighted by atomic mass is 10.2. The predicted octanol–water partition coefficient (Wildman–Crippen LogP) is 2.62. The predicted molar refractivity (Wildman–Crippen MR) is 69.8 cm³/mol. The number of nitrogens with zero attached hydrogens (tertiary/aromatic N) is 3. The minimum absolute atomic E-state index is 0.821. The van der Waals surface area contributed by atoms with Crippen LogP contribution in [0.15, 0.2) is 36.8 Å². The molecule has 3 aromatic rings. The van der Waals surface area contributed by atoms with Crippen LogP contribution in [0.25, 0.3) is 22.4 Å². The molecule has 0 saturated carbocycles. The van der Waals surface area contributed by atoms with Crippen molar-refractivity contribution in [2.75, 3.05) is 0 Å². The molecular formula is C11H7IN4. The monoisotopic (exact) mass is 322 g/mol. The summed E-state index contributed by atoms with van der Waals surface area (Å²) in [6.07, 6.45) is 5.36. The second-order valence-corrected chi connectivity index (χ2v) is 4.33. The molecule has 0 aliphatic heterocycles. The largest absolute Gasteiger partial charge is 0.345 e. The number of fused-ring (bicyclic) bond motifs is 1. The molecule has 0 radical (unpaired) electrons. The number of aromatic nitrogens is 4. The molecule has 3 rings (SSSR count). The van der Waals surface area contributed by atoms with Gasteiger partial charge in [-0.1, -0.05) is 0 Å². The van der Waals surface area contributed by atoms with E-state index >= 15 is 0 Å². The van der Waals surface area contributed by atoms with Crippen molar-refractivity contribution in [2.45, 2.75) is 0 Å². The van der Waals surface area contributed by atoms with E-state index in [-0.39, 0.29) is 0 Å². The summed E-state index contributed by atoms with van der Waals surface area (Å²) in [6.45, 7) is 0. The molecule has 78 valence electrons. The zero-order chi connectivity index (χ0) is 11.0. The van der Waals surface area contributed by atoms with Crippen molar-refractivity contribution in [2.24, 2.45) is 0 Å². The first kappa shape index (κ1) is 9.71. The zero-order valence-corrected chi connectivity index (χ0v) is 10.3. The van der Waals surface area contributed by atoms with Crippen LogP contribution in [0.3, 0.4) is 0 Å². The normalized spacial score (nSPS) is 10.8. The van der Waals surface area contributed by atoms with Gasteiger partial charge in [0.2, 0.25) is 0 Å². The Hall–Kier alpha value is -1.50. The molecule has 4 nitrogen and oxygen atoms in total. The Kier molecular flexibility index (Phi) is 2.32. The molecule has 0 aromatic carbocycles. The van der Waals surface area contributed by atoms with Gasteiger partial charge in [-0.2, -0.15) is 0 Å². The molecule has 1 N–H and O–H groups in total. The number of nitrogens with one attached hydrogen (secondary N) is 1. The van der Waals surface area contributed by atoms with Crippen LogP contribution in [0.5, 0.6) is 0 Å². The van der Waals surface area contributed by atoms with Gasteiger partial charge in [0.1, 0.15) is 14.9 Å². The van der Waals surface area contributed by atoms with E-state index in [9.17, 15) is 0 Å². The first-order valence-corrected chi connectivity index (χ1v) is 5.83.